The van der Waals surface area contributed by atoms with Gasteiger partial charge in [0.1, 0.15) is 0 Å². The largest absolute Gasteiger partial charge is 0.490 e. The Morgan fingerprint density at radius 3 is 1.80 bits per heavy atom. The van der Waals surface area contributed by atoms with Crippen molar-refractivity contribution in [2.45, 2.75) is 0 Å². The summed E-state index contributed by atoms with van der Waals surface area (Å²) in [7, 11) is -2.90. The number of para-hydroxylation sites is 1. The van der Waals surface area contributed by atoms with E-state index in [1.54, 1.807) is 42.5 Å². The minimum Gasteiger partial charge on any atom is -0.423 e. The van der Waals surface area contributed by atoms with Crippen molar-refractivity contribution in [1.29, 1.82) is 0 Å². The summed E-state index contributed by atoms with van der Waals surface area (Å²) >= 11 is 0. The molecule has 0 aliphatic heterocycles. The Morgan fingerprint density at radius 1 is 0.750 bits per heavy atom. The van der Waals surface area contributed by atoms with E-state index in [-0.39, 0.29) is 0 Å². The van der Waals surface area contributed by atoms with Crippen molar-refractivity contribution in [3.05, 3.63) is 48.5 Å². The molecular formula is C12H16B2N2O4. The Morgan fingerprint density at radius 2 is 1.40 bits per heavy atom. The summed E-state index contributed by atoms with van der Waals surface area (Å²) in [6.07, 6.45) is 0. The number of rotatable bonds is 2. The Labute approximate surface area is 117 Å². The summed E-state index contributed by atoms with van der Waals surface area (Å²) in [5.74, 6) is 0. The van der Waals surface area contributed by atoms with Gasteiger partial charge >= 0.3 is 14.2 Å². The molecule has 0 spiro atoms. The van der Waals surface area contributed by atoms with Gasteiger partial charge < -0.3 is 31.6 Å². The highest BCUT2D eigenvalue weighted by Gasteiger charge is 2.12. The topological polar surface area (TPSA) is 133 Å². The average Bonchev–Trinajstić information content (AvgIpc) is 2.39. The van der Waals surface area contributed by atoms with Crippen LogP contribution in [-0.2, 0) is 0 Å². The zero-order valence-corrected chi connectivity index (χ0v) is 10.7. The smallest absolute Gasteiger partial charge is 0.423 e. The third-order valence-electron chi connectivity index (χ3n) is 2.48. The fourth-order valence-corrected chi connectivity index (χ4v) is 1.47. The lowest BCUT2D eigenvalue weighted by Crippen LogP contribution is -2.31. The standard InChI is InChI=1S/2C6H8BNO2/c8-6-3-1-2-5(4-6)7(9)10;8-6-4-2-1-3-5(6)7(9)10/h2*1-4,9-10H,8H2. The SMILES string of the molecule is Nc1cccc(B(O)O)c1.Nc1ccccc1B(O)O. The average molecular weight is 274 g/mol. The van der Waals surface area contributed by atoms with Gasteiger partial charge in [-0.25, -0.2) is 0 Å². The second-order valence-electron chi connectivity index (χ2n) is 4.05. The molecule has 0 saturated heterocycles. The molecule has 0 aliphatic rings. The zero-order chi connectivity index (χ0) is 15.1. The summed E-state index contributed by atoms with van der Waals surface area (Å²) in [5, 5.41) is 34.7. The molecule has 0 unspecified atom stereocenters. The van der Waals surface area contributed by atoms with Gasteiger partial charge in [0, 0.05) is 16.8 Å². The summed E-state index contributed by atoms with van der Waals surface area (Å²) in [6, 6.07) is 13.1. The molecule has 0 aliphatic carbocycles. The maximum Gasteiger partial charge on any atom is 0.490 e. The van der Waals surface area contributed by atoms with Gasteiger partial charge in [-0.1, -0.05) is 30.3 Å². The molecule has 0 bridgehead atoms. The van der Waals surface area contributed by atoms with Gasteiger partial charge in [0.15, 0.2) is 0 Å². The van der Waals surface area contributed by atoms with Crippen molar-refractivity contribution in [3.8, 4) is 0 Å². The minimum absolute atomic E-state index is 0.350. The second kappa shape index (κ2) is 7.56. The van der Waals surface area contributed by atoms with Crippen LogP contribution < -0.4 is 22.4 Å². The first-order valence-electron chi connectivity index (χ1n) is 5.84. The van der Waals surface area contributed by atoms with E-state index in [9.17, 15) is 0 Å². The van der Waals surface area contributed by atoms with E-state index in [1.165, 1.54) is 6.07 Å². The summed E-state index contributed by atoms with van der Waals surface area (Å²) in [6.45, 7) is 0. The highest BCUT2D eigenvalue weighted by molar-refractivity contribution is 6.60. The number of hydrogen-bond acceptors (Lipinski definition) is 6. The lowest BCUT2D eigenvalue weighted by Gasteiger charge is -2.01. The highest BCUT2D eigenvalue weighted by atomic mass is 16.4. The van der Waals surface area contributed by atoms with Gasteiger partial charge in [0.2, 0.25) is 0 Å². The molecule has 6 nitrogen and oxygen atoms in total. The Balaban J connectivity index is 0.000000200. The normalized spacial score (nSPS) is 9.40. The quantitative estimate of drug-likeness (QED) is 0.274. The zero-order valence-electron chi connectivity index (χ0n) is 10.7. The van der Waals surface area contributed by atoms with Crippen molar-refractivity contribution in [2.24, 2.45) is 0 Å². The van der Waals surface area contributed by atoms with Crippen LogP contribution in [0.5, 0.6) is 0 Å². The predicted molar refractivity (Wildman–Crippen MR) is 81.4 cm³/mol. The molecule has 0 radical (unpaired) electrons. The summed E-state index contributed by atoms with van der Waals surface area (Å²) < 4.78 is 0. The number of nitrogen functional groups attached to an aromatic ring is 2. The van der Waals surface area contributed by atoms with Gasteiger partial charge in [-0.3, -0.25) is 0 Å². The van der Waals surface area contributed by atoms with E-state index in [2.05, 4.69) is 0 Å². The molecule has 0 fully saturated rings. The third-order valence-corrected chi connectivity index (χ3v) is 2.48. The number of benzene rings is 2. The van der Waals surface area contributed by atoms with E-state index in [4.69, 9.17) is 31.6 Å². The van der Waals surface area contributed by atoms with Gasteiger partial charge in [-0.15, -0.1) is 0 Å². The van der Waals surface area contributed by atoms with E-state index in [0.29, 0.717) is 22.3 Å². The van der Waals surface area contributed by atoms with Crippen LogP contribution in [0.3, 0.4) is 0 Å². The first-order valence-corrected chi connectivity index (χ1v) is 5.84. The number of nitrogens with two attached hydrogens (primary N) is 2. The molecule has 0 atom stereocenters. The molecule has 2 aromatic carbocycles. The second-order valence-corrected chi connectivity index (χ2v) is 4.05. The van der Waals surface area contributed by atoms with Crippen LogP contribution in [-0.4, -0.2) is 34.3 Å². The van der Waals surface area contributed by atoms with Gasteiger partial charge in [0.25, 0.3) is 0 Å². The molecule has 0 amide bonds. The van der Waals surface area contributed by atoms with E-state index >= 15 is 0 Å². The molecule has 2 aromatic rings. The van der Waals surface area contributed by atoms with Gasteiger partial charge in [0.05, 0.1) is 0 Å². The molecule has 0 heterocycles. The highest BCUT2D eigenvalue weighted by Crippen LogP contribution is 1.96. The monoisotopic (exact) mass is 274 g/mol. The van der Waals surface area contributed by atoms with Crippen LogP contribution in [0.1, 0.15) is 0 Å². The molecule has 104 valence electrons. The Bertz CT molecular complexity index is 552. The van der Waals surface area contributed by atoms with Gasteiger partial charge in [-0.2, -0.15) is 0 Å². The molecular weight excluding hydrogens is 258 g/mol. The van der Waals surface area contributed by atoms with Crippen molar-refractivity contribution in [2.75, 3.05) is 11.5 Å². The Hall–Kier alpha value is -1.99. The first-order chi connectivity index (χ1) is 9.41. The van der Waals surface area contributed by atoms with Crippen molar-refractivity contribution < 1.29 is 20.1 Å². The maximum absolute atomic E-state index is 8.68. The van der Waals surface area contributed by atoms with Gasteiger partial charge in [-0.05, 0) is 23.7 Å². The molecule has 8 heteroatoms. The fraction of sp³-hybridized carbons (Fsp3) is 0. The number of anilines is 2. The van der Waals surface area contributed by atoms with E-state index in [0.717, 1.165) is 0 Å². The molecule has 20 heavy (non-hydrogen) atoms. The minimum atomic E-state index is -1.47. The molecule has 2 rings (SSSR count). The molecule has 0 saturated carbocycles. The summed E-state index contributed by atoms with van der Waals surface area (Å²) in [4.78, 5) is 0. The number of hydrogen-bond donors (Lipinski definition) is 6. The van der Waals surface area contributed by atoms with Crippen molar-refractivity contribution in [1.82, 2.24) is 0 Å². The summed E-state index contributed by atoms with van der Waals surface area (Å²) in [5.41, 5.74) is 12.5. The lowest BCUT2D eigenvalue weighted by molar-refractivity contribution is 0.424. The van der Waals surface area contributed by atoms with E-state index in [1.807, 2.05) is 0 Å². The van der Waals surface area contributed by atoms with Crippen LogP contribution in [0.4, 0.5) is 11.4 Å². The fourth-order valence-electron chi connectivity index (χ4n) is 1.47. The predicted octanol–water partition coefficient (Wildman–Crippen LogP) is -2.10. The maximum atomic E-state index is 8.68. The molecule has 8 N–H and O–H groups in total. The van der Waals surface area contributed by atoms with Crippen LogP contribution in [0, 0.1) is 0 Å². The van der Waals surface area contributed by atoms with Crippen LogP contribution in [0.2, 0.25) is 0 Å². The van der Waals surface area contributed by atoms with Crippen LogP contribution in [0.15, 0.2) is 48.5 Å². The lowest BCUT2D eigenvalue weighted by atomic mass is 9.79. The van der Waals surface area contributed by atoms with Crippen LogP contribution in [0.25, 0.3) is 0 Å². The van der Waals surface area contributed by atoms with E-state index < -0.39 is 14.2 Å². The third kappa shape index (κ3) is 4.94. The molecule has 0 aromatic heterocycles. The van der Waals surface area contributed by atoms with Crippen LogP contribution >= 0.6 is 0 Å². The van der Waals surface area contributed by atoms with Crippen molar-refractivity contribution in [3.63, 3.8) is 0 Å². The first kappa shape index (κ1) is 16.1. The van der Waals surface area contributed by atoms with Crippen molar-refractivity contribution >= 4 is 36.5 Å². The Kier molecular flexibility index (Phi) is 6.08.